The lowest BCUT2D eigenvalue weighted by atomic mass is 10.0. The number of para-hydroxylation sites is 1. The smallest absolute Gasteiger partial charge is 0.490 e. The van der Waals surface area contributed by atoms with Crippen molar-refractivity contribution >= 4 is 45.4 Å². The van der Waals surface area contributed by atoms with Crippen molar-refractivity contribution in [3.8, 4) is 17.0 Å². The minimum absolute atomic E-state index is 0.0756. The van der Waals surface area contributed by atoms with Crippen LogP contribution in [0.5, 0.6) is 5.75 Å². The minimum Gasteiger partial charge on any atom is -0.497 e. The predicted octanol–water partition coefficient (Wildman–Crippen LogP) is 8.02. The summed E-state index contributed by atoms with van der Waals surface area (Å²) in [6, 6.07) is 15.7. The summed E-state index contributed by atoms with van der Waals surface area (Å²) in [5, 5.41) is 19.5. The molecule has 1 atom stereocenters. The number of halogens is 6. The van der Waals surface area contributed by atoms with Gasteiger partial charge in [-0.2, -0.15) is 26.3 Å². The Morgan fingerprint density at radius 1 is 0.873 bits per heavy atom. The summed E-state index contributed by atoms with van der Waals surface area (Å²) in [6.45, 7) is 3.89. The number of hydrogen-bond acceptors (Lipinski definition) is 7. The summed E-state index contributed by atoms with van der Waals surface area (Å²) >= 11 is 0. The molecule has 55 heavy (non-hydrogen) atoms. The largest absolute Gasteiger partial charge is 0.497 e. The number of unbranched alkanes of at least 4 members (excludes halogenated alkanes) is 2. The van der Waals surface area contributed by atoms with Gasteiger partial charge in [-0.25, -0.2) is 14.6 Å². The van der Waals surface area contributed by atoms with Crippen molar-refractivity contribution in [2.45, 2.75) is 77.2 Å². The summed E-state index contributed by atoms with van der Waals surface area (Å²) in [7, 11) is 1.64. The fraction of sp³-hybridized carbons (Fsp3) is 0.351. The van der Waals surface area contributed by atoms with Crippen LogP contribution in [0.2, 0.25) is 0 Å². The third-order valence-corrected chi connectivity index (χ3v) is 8.15. The molecule has 0 aliphatic carbocycles. The number of aliphatic carboxylic acids is 2. The third-order valence-electron chi connectivity index (χ3n) is 8.15. The van der Waals surface area contributed by atoms with Crippen molar-refractivity contribution in [2.75, 3.05) is 7.11 Å². The van der Waals surface area contributed by atoms with Crippen LogP contribution >= 0.6 is 0 Å². The monoisotopic (exact) mass is 779 g/mol. The predicted molar refractivity (Wildman–Crippen MR) is 189 cm³/mol. The average molecular weight is 780 g/mol. The molecule has 0 bridgehead atoms. The fourth-order valence-corrected chi connectivity index (χ4v) is 5.30. The number of benzene rings is 2. The number of ether oxygens (including phenoxy) is 1. The number of alkyl halides is 6. The molecule has 0 radical (unpaired) electrons. The van der Waals surface area contributed by atoms with E-state index in [2.05, 4.69) is 31.3 Å². The zero-order valence-corrected chi connectivity index (χ0v) is 29.9. The van der Waals surface area contributed by atoms with E-state index < -0.39 is 24.3 Å². The Morgan fingerprint density at radius 2 is 1.53 bits per heavy atom. The van der Waals surface area contributed by atoms with Crippen molar-refractivity contribution in [3.63, 3.8) is 0 Å². The highest BCUT2D eigenvalue weighted by atomic mass is 19.4. The van der Waals surface area contributed by atoms with Gasteiger partial charge in [0.1, 0.15) is 17.4 Å². The van der Waals surface area contributed by atoms with E-state index in [1.54, 1.807) is 13.3 Å². The van der Waals surface area contributed by atoms with Gasteiger partial charge >= 0.3 is 24.3 Å². The van der Waals surface area contributed by atoms with Crippen LogP contribution in [0.4, 0.5) is 26.3 Å². The maximum absolute atomic E-state index is 13.4. The number of hydrogen-bond donors (Lipinski definition) is 5. The highest BCUT2D eigenvalue weighted by molar-refractivity contribution is 5.91. The lowest BCUT2D eigenvalue weighted by Gasteiger charge is -2.17. The molecule has 0 saturated heterocycles. The van der Waals surface area contributed by atoms with E-state index in [-0.39, 0.29) is 18.4 Å². The molecular weight excluding hydrogens is 740 g/mol. The standard InChI is InChI=1S/C33H37N5O3.2C2HF3O2/c1-4-24(39)11-6-5-7-13-30(33-35-20-31(38-33)23-16-22-10-8-9-12-28(22)34-19-23)37-32(40)18-26-21(2)36-29-15-14-25(41-3)17-27(26)29;2*3-2(4,5)1(6)7/h8-10,12,14-17,19-20,30,36H,4-7,11,13,18H2,1-3H3,(H,35,38)(H,37,40);2*(H,6,7)/t30-;;/m0../s1. The van der Waals surface area contributed by atoms with Crippen LogP contribution < -0.4 is 10.1 Å². The maximum atomic E-state index is 13.4. The number of aromatic nitrogens is 4. The molecule has 2 aromatic carbocycles. The SMILES string of the molecule is CCC(=O)CCCCC[C@H](NC(=O)Cc1c(C)[nH]c2ccc(OC)cc12)c1ncc(-c2cnc3ccccc3c2)[nH]1.O=C(O)C(F)(F)F.O=C(O)C(F)(F)F. The van der Waals surface area contributed by atoms with Gasteiger partial charge in [0, 0.05) is 46.6 Å². The number of rotatable bonds is 13. The lowest BCUT2D eigenvalue weighted by Crippen LogP contribution is -2.30. The average Bonchev–Trinajstić information content (AvgIpc) is 3.74. The molecule has 0 fully saturated rings. The molecular formula is C37H39F6N5O7. The quantitative estimate of drug-likeness (QED) is 0.0583. The van der Waals surface area contributed by atoms with Gasteiger partial charge in [-0.05, 0) is 55.7 Å². The summed E-state index contributed by atoms with van der Waals surface area (Å²) in [6.07, 6.45) is -1.73. The second-order valence-corrected chi connectivity index (χ2v) is 12.1. The number of aromatic amines is 2. The van der Waals surface area contributed by atoms with Crippen LogP contribution in [-0.4, -0.2) is 73.2 Å². The number of amides is 1. The number of imidazole rings is 1. The van der Waals surface area contributed by atoms with E-state index in [0.717, 1.165) is 75.8 Å². The van der Waals surface area contributed by atoms with Crippen molar-refractivity contribution < 1.29 is 60.5 Å². The van der Waals surface area contributed by atoms with Crippen molar-refractivity contribution in [1.29, 1.82) is 0 Å². The Kier molecular flexibility index (Phi) is 15.3. The van der Waals surface area contributed by atoms with Crippen LogP contribution in [0.15, 0.2) is 60.9 Å². The van der Waals surface area contributed by atoms with Crippen LogP contribution in [0, 0.1) is 6.92 Å². The van der Waals surface area contributed by atoms with E-state index in [4.69, 9.17) is 24.5 Å². The first-order chi connectivity index (χ1) is 25.8. The molecule has 0 saturated carbocycles. The second-order valence-electron chi connectivity index (χ2n) is 12.1. The van der Waals surface area contributed by atoms with Gasteiger partial charge in [-0.1, -0.05) is 38.0 Å². The Balaban J connectivity index is 0.000000494. The van der Waals surface area contributed by atoms with E-state index in [0.29, 0.717) is 24.4 Å². The number of ketones is 1. The number of pyridine rings is 1. The van der Waals surface area contributed by atoms with Crippen molar-refractivity contribution in [1.82, 2.24) is 25.3 Å². The molecule has 18 heteroatoms. The van der Waals surface area contributed by atoms with Gasteiger partial charge in [0.2, 0.25) is 5.91 Å². The van der Waals surface area contributed by atoms with Gasteiger partial charge in [-0.15, -0.1) is 0 Å². The first-order valence-corrected chi connectivity index (χ1v) is 16.8. The summed E-state index contributed by atoms with van der Waals surface area (Å²) in [5.74, 6) is -3.83. The number of methoxy groups -OCH3 is 1. The number of carbonyl (C=O) groups is 4. The highest BCUT2D eigenvalue weighted by Crippen LogP contribution is 2.28. The number of nitrogens with zero attached hydrogens (tertiary/aromatic N) is 2. The molecule has 0 spiro atoms. The van der Waals surface area contributed by atoms with Gasteiger partial charge < -0.3 is 30.2 Å². The molecule has 5 aromatic rings. The van der Waals surface area contributed by atoms with Crippen LogP contribution in [0.1, 0.15) is 68.6 Å². The third kappa shape index (κ3) is 13.1. The normalized spacial score (nSPS) is 11.9. The Bertz CT molecular complexity index is 2070. The molecule has 0 aliphatic heterocycles. The van der Waals surface area contributed by atoms with Gasteiger partial charge in [0.05, 0.1) is 37.0 Å². The first kappa shape index (κ1) is 43.5. The number of carbonyl (C=O) groups excluding carboxylic acids is 2. The topological polar surface area (TPSA) is 187 Å². The molecule has 5 rings (SSSR count). The minimum atomic E-state index is -5.08. The zero-order chi connectivity index (χ0) is 40.9. The Morgan fingerprint density at radius 3 is 2.15 bits per heavy atom. The van der Waals surface area contributed by atoms with Crippen molar-refractivity contribution in [2.24, 2.45) is 0 Å². The number of carboxylic acids is 2. The second kappa shape index (κ2) is 19.4. The van der Waals surface area contributed by atoms with Crippen LogP contribution in [0.25, 0.3) is 33.1 Å². The molecule has 296 valence electrons. The summed E-state index contributed by atoms with van der Waals surface area (Å²) in [5.41, 5.74) is 5.62. The fourth-order valence-electron chi connectivity index (χ4n) is 5.30. The molecule has 3 heterocycles. The number of H-pyrrole nitrogens is 2. The van der Waals surface area contributed by atoms with Crippen LogP contribution in [0.3, 0.4) is 0 Å². The zero-order valence-electron chi connectivity index (χ0n) is 29.9. The van der Waals surface area contributed by atoms with Gasteiger partial charge in [0.25, 0.3) is 0 Å². The van der Waals surface area contributed by atoms with Gasteiger partial charge in [-0.3, -0.25) is 14.6 Å². The first-order valence-electron chi connectivity index (χ1n) is 16.8. The molecule has 0 unspecified atom stereocenters. The number of fused-ring (bicyclic) bond motifs is 2. The Labute approximate surface area is 310 Å². The molecule has 12 nitrogen and oxygen atoms in total. The summed E-state index contributed by atoms with van der Waals surface area (Å²) in [4.78, 5) is 59.0. The van der Waals surface area contributed by atoms with E-state index >= 15 is 0 Å². The Hall–Kier alpha value is -5.94. The number of carboxylic acid groups (broad SMARTS) is 2. The number of nitrogens with one attached hydrogen (secondary N) is 3. The molecule has 3 aromatic heterocycles. The van der Waals surface area contributed by atoms with E-state index in [9.17, 15) is 35.9 Å². The number of Topliss-reactive ketones (excluding diaryl/α,β-unsaturated/α-hetero) is 1. The highest BCUT2D eigenvalue weighted by Gasteiger charge is 2.39. The van der Waals surface area contributed by atoms with Gasteiger partial charge in [0.15, 0.2) is 0 Å². The van der Waals surface area contributed by atoms with Crippen molar-refractivity contribution in [3.05, 3.63) is 78.0 Å². The van der Waals surface area contributed by atoms with Crippen LogP contribution in [-0.2, 0) is 25.6 Å². The van der Waals surface area contributed by atoms with E-state index in [1.165, 1.54) is 0 Å². The van der Waals surface area contributed by atoms with E-state index in [1.807, 2.05) is 62.5 Å². The molecule has 1 amide bonds. The summed E-state index contributed by atoms with van der Waals surface area (Å²) < 4.78 is 68.9. The number of aryl methyl sites for hydroxylation is 1. The lowest BCUT2D eigenvalue weighted by molar-refractivity contribution is -0.193. The molecule has 0 aliphatic rings. The maximum Gasteiger partial charge on any atom is 0.490 e. The molecule has 5 N–H and O–H groups in total.